The number of nitrogens with zero attached hydrogens (tertiary/aromatic N) is 1. The van der Waals surface area contributed by atoms with Crippen LogP contribution in [0.4, 0.5) is 0 Å². The third kappa shape index (κ3) is 3.74. The van der Waals surface area contributed by atoms with Crippen LogP contribution in [0.25, 0.3) is 0 Å². The van der Waals surface area contributed by atoms with Crippen LogP contribution < -0.4 is 10.5 Å². The Balaban J connectivity index is 1.99. The molecule has 1 saturated carbocycles. The highest BCUT2D eigenvalue weighted by molar-refractivity contribution is 5.27. The molecular weight excluding hydrogens is 248 g/mol. The van der Waals surface area contributed by atoms with Crippen LogP contribution in [0.5, 0.6) is 5.75 Å². The quantitative estimate of drug-likeness (QED) is 0.898. The van der Waals surface area contributed by atoms with Crippen LogP contribution in [0.3, 0.4) is 0 Å². The SMILES string of the molecule is COc1ccc(CN(C)C2CC(C)CCC2CN)cc1. The fourth-order valence-corrected chi connectivity index (χ4v) is 3.36. The molecule has 3 heteroatoms. The highest BCUT2D eigenvalue weighted by Gasteiger charge is 2.30. The summed E-state index contributed by atoms with van der Waals surface area (Å²) in [7, 11) is 3.94. The first kappa shape index (κ1) is 15.3. The first-order valence-electron chi connectivity index (χ1n) is 7.67. The summed E-state index contributed by atoms with van der Waals surface area (Å²) in [5.74, 6) is 2.39. The average molecular weight is 276 g/mol. The Hall–Kier alpha value is -1.06. The van der Waals surface area contributed by atoms with E-state index >= 15 is 0 Å². The van der Waals surface area contributed by atoms with Crippen molar-refractivity contribution in [2.24, 2.45) is 17.6 Å². The molecule has 20 heavy (non-hydrogen) atoms. The summed E-state index contributed by atoms with van der Waals surface area (Å²) in [4.78, 5) is 2.48. The smallest absolute Gasteiger partial charge is 0.118 e. The van der Waals surface area contributed by atoms with Gasteiger partial charge in [-0.05, 0) is 56.0 Å². The first-order valence-corrected chi connectivity index (χ1v) is 7.67. The van der Waals surface area contributed by atoms with Gasteiger partial charge in [0.1, 0.15) is 5.75 Å². The van der Waals surface area contributed by atoms with Gasteiger partial charge in [-0.3, -0.25) is 4.90 Å². The molecule has 0 bridgehead atoms. The van der Waals surface area contributed by atoms with E-state index in [0.717, 1.165) is 24.8 Å². The standard InChI is InChI=1S/C17H28N2O/c1-13-4-7-15(11-18)17(10-13)19(2)12-14-5-8-16(20-3)9-6-14/h5-6,8-9,13,15,17H,4,7,10-12,18H2,1-3H3. The lowest BCUT2D eigenvalue weighted by Gasteiger charge is -2.40. The number of nitrogens with two attached hydrogens (primary N) is 1. The van der Waals surface area contributed by atoms with Gasteiger partial charge in [0.2, 0.25) is 0 Å². The summed E-state index contributed by atoms with van der Waals surface area (Å²) in [5.41, 5.74) is 7.30. The highest BCUT2D eigenvalue weighted by atomic mass is 16.5. The molecular formula is C17H28N2O. The summed E-state index contributed by atoms with van der Waals surface area (Å²) in [6.45, 7) is 4.16. The summed E-state index contributed by atoms with van der Waals surface area (Å²) in [6, 6.07) is 8.99. The predicted molar refractivity (Wildman–Crippen MR) is 83.8 cm³/mol. The minimum absolute atomic E-state index is 0.617. The Bertz CT molecular complexity index is 404. The fraction of sp³-hybridized carbons (Fsp3) is 0.647. The van der Waals surface area contributed by atoms with Gasteiger partial charge in [-0.25, -0.2) is 0 Å². The zero-order chi connectivity index (χ0) is 14.5. The Labute approximate surface area is 123 Å². The molecule has 1 aromatic rings. The topological polar surface area (TPSA) is 38.5 Å². The molecule has 0 aliphatic heterocycles. The molecule has 1 aliphatic rings. The van der Waals surface area contributed by atoms with Crippen LogP contribution in [0.1, 0.15) is 31.7 Å². The van der Waals surface area contributed by atoms with Crippen molar-refractivity contribution in [3.05, 3.63) is 29.8 Å². The van der Waals surface area contributed by atoms with E-state index in [9.17, 15) is 0 Å². The zero-order valence-electron chi connectivity index (χ0n) is 13.0. The lowest BCUT2D eigenvalue weighted by molar-refractivity contribution is 0.103. The second-order valence-electron chi connectivity index (χ2n) is 6.24. The largest absolute Gasteiger partial charge is 0.497 e. The van der Waals surface area contributed by atoms with Gasteiger partial charge < -0.3 is 10.5 Å². The maximum absolute atomic E-state index is 5.96. The summed E-state index contributed by atoms with van der Waals surface area (Å²) in [5, 5.41) is 0. The predicted octanol–water partition coefficient (Wildman–Crippen LogP) is 2.89. The number of hydrogen-bond donors (Lipinski definition) is 1. The summed E-state index contributed by atoms with van der Waals surface area (Å²) >= 11 is 0. The van der Waals surface area contributed by atoms with E-state index in [-0.39, 0.29) is 0 Å². The van der Waals surface area contributed by atoms with Gasteiger partial charge in [-0.15, -0.1) is 0 Å². The summed E-state index contributed by atoms with van der Waals surface area (Å²) < 4.78 is 5.21. The van der Waals surface area contributed by atoms with E-state index in [2.05, 4.69) is 31.0 Å². The van der Waals surface area contributed by atoms with Gasteiger partial charge in [-0.2, -0.15) is 0 Å². The van der Waals surface area contributed by atoms with Gasteiger partial charge in [0.15, 0.2) is 0 Å². The lowest BCUT2D eigenvalue weighted by Crippen LogP contribution is -2.44. The molecule has 0 spiro atoms. The van der Waals surface area contributed by atoms with Crippen molar-refractivity contribution in [1.29, 1.82) is 0 Å². The van der Waals surface area contributed by atoms with Crippen LogP contribution in [-0.4, -0.2) is 31.6 Å². The molecule has 112 valence electrons. The van der Waals surface area contributed by atoms with Crippen LogP contribution >= 0.6 is 0 Å². The van der Waals surface area contributed by atoms with Crippen molar-refractivity contribution in [1.82, 2.24) is 4.90 Å². The van der Waals surface area contributed by atoms with Gasteiger partial charge >= 0.3 is 0 Å². The zero-order valence-corrected chi connectivity index (χ0v) is 13.0. The highest BCUT2D eigenvalue weighted by Crippen LogP contribution is 2.31. The average Bonchev–Trinajstić information content (AvgIpc) is 2.48. The molecule has 0 saturated heterocycles. The molecule has 0 heterocycles. The minimum atomic E-state index is 0.617. The number of hydrogen-bond acceptors (Lipinski definition) is 3. The third-order valence-electron chi connectivity index (χ3n) is 4.68. The Morgan fingerprint density at radius 2 is 1.95 bits per heavy atom. The van der Waals surface area contributed by atoms with E-state index < -0.39 is 0 Å². The van der Waals surface area contributed by atoms with Gasteiger partial charge in [0.25, 0.3) is 0 Å². The van der Waals surface area contributed by atoms with Crippen LogP contribution in [0.15, 0.2) is 24.3 Å². The minimum Gasteiger partial charge on any atom is -0.497 e. The number of benzene rings is 1. The maximum Gasteiger partial charge on any atom is 0.118 e. The molecule has 0 radical (unpaired) electrons. The Morgan fingerprint density at radius 1 is 1.25 bits per heavy atom. The van der Waals surface area contributed by atoms with Gasteiger partial charge in [-0.1, -0.05) is 25.5 Å². The first-order chi connectivity index (χ1) is 9.63. The molecule has 3 unspecified atom stereocenters. The van der Waals surface area contributed by atoms with E-state index in [4.69, 9.17) is 10.5 Å². The van der Waals surface area contributed by atoms with E-state index in [1.165, 1.54) is 24.8 Å². The summed E-state index contributed by atoms with van der Waals surface area (Å²) in [6.07, 6.45) is 3.87. The third-order valence-corrected chi connectivity index (χ3v) is 4.68. The second-order valence-corrected chi connectivity index (χ2v) is 6.24. The molecule has 3 atom stereocenters. The van der Waals surface area contributed by atoms with Gasteiger partial charge in [0.05, 0.1) is 7.11 Å². The van der Waals surface area contributed by atoms with Crippen LogP contribution in [0, 0.1) is 11.8 Å². The monoisotopic (exact) mass is 276 g/mol. The van der Waals surface area contributed by atoms with Crippen molar-refractivity contribution < 1.29 is 4.74 Å². The molecule has 0 amide bonds. The van der Waals surface area contributed by atoms with Crippen LogP contribution in [0.2, 0.25) is 0 Å². The molecule has 0 aromatic heterocycles. The molecule has 1 aliphatic carbocycles. The normalized spacial score (nSPS) is 26.8. The van der Waals surface area contributed by atoms with Gasteiger partial charge in [0, 0.05) is 12.6 Å². The molecule has 3 nitrogen and oxygen atoms in total. The van der Waals surface area contributed by atoms with E-state index in [1.807, 2.05) is 12.1 Å². The fourth-order valence-electron chi connectivity index (χ4n) is 3.36. The van der Waals surface area contributed by atoms with E-state index in [0.29, 0.717) is 12.0 Å². The molecule has 2 N–H and O–H groups in total. The Morgan fingerprint density at radius 3 is 2.55 bits per heavy atom. The van der Waals surface area contributed by atoms with Crippen molar-refractivity contribution in [2.45, 2.75) is 38.8 Å². The number of methoxy groups -OCH3 is 1. The van der Waals surface area contributed by atoms with Crippen molar-refractivity contribution in [3.8, 4) is 5.75 Å². The van der Waals surface area contributed by atoms with Crippen molar-refractivity contribution in [2.75, 3.05) is 20.7 Å². The van der Waals surface area contributed by atoms with Crippen molar-refractivity contribution in [3.63, 3.8) is 0 Å². The second kappa shape index (κ2) is 7.09. The molecule has 2 rings (SSSR count). The van der Waals surface area contributed by atoms with Crippen molar-refractivity contribution >= 4 is 0 Å². The lowest BCUT2D eigenvalue weighted by atomic mass is 9.78. The van der Waals surface area contributed by atoms with E-state index in [1.54, 1.807) is 7.11 Å². The molecule has 1 fully saturated rings. The maximum atomic E-state index is 5.96. The molecule has 1 aromatic carbocycles. The number of ether oxygens (including phenoxy) is 1. The number of rotatable bonds is 5. The Kier molecular flexibility index (Phi) is 5.44. The van der Waals surface area contributed by atoms with Crippen LogP contribution in [-0.2, 0) is 6.54 Å².